The van der Waals surface area contributed by atoms with E-state index < -0.39 is 0 Å². The fraction of sp³-hybridized carbons (Fsp3) is 0.474. The van der Waals surface area contributed by atoms with Crippen molar-refractivity contribution in [1.29, 1.82) is 0 Å². The van der Waals surface area contributed by atoms with Gasteiger partial charge in [-0.3, -0.25) is 9.59 Å². The number of likely N-dealkylation sites (tertiary alicyclic amines) is 1. The lowest BCUT2D eigenvalue weighted by molar-refractivity contribution is -0.119. The topological polar surface area (TPSA) is 65.2 Å². The van der Waals surface area contributed by atoms with E-state index in [1.807, 2.05) is 34.0 Å². The Kier molecular flexibility index (Phi) is 8.84. The zero-order valence-electron chi connectivity index (χ0n) is 15.4. The Morgan fingerprint density at radius 1 is 1.20 bits per heavy atom. The molecule has 138 valence electrons. The van der Waals surface area contributed by atoms with Crippen LogP contribution < -0.4 is 10.9 Å². The maximum atomic E-state index is 13.1. The molecule has 1 aromatic carbocycles. The number of aromatic amines is 1. The Labute approximate surface area is 148 Å². The highest BCUT2D eigenvalue weighted by molar-refractivity contribution is 5.79. The molecule has 0 radical (unpaired) electrons. The SMILES string of the molecule is CC.CNC.O=CN1CCC(c2cc3ccc(F)cc3[nH]c2=O)CC1. The highest BCUT2D eigenvalue weighted by atomic mass is 19.1. The third-order valence-electron chi connectivity index (χ3n) is 3.96. The van der Waals surface area contributed by atoms with Crippen molar-refractivity contribution in [2.75, 3.05) is 27.2 Å². The molecule has 1 aliphatic rings. The van der Waals surface area contributed by atoms with Crippen LogP contribution in [0.3, 0.4) is 0 Å². The van der Waals surface area contributed by atoms with Crippen molar-refractivity contribution in [2.24, 2.45) is 0 Å². The lowest BCUT2D eigenvalue weighted by atomic mass is 9.90. The van der Waals surface area contributed by atoms with Crippen molar-refractivity contribution in [1.82, 2.24) is 15.2 Å². The number of piperidine rings is 1. The number of halogens is 1. The van der Waals surface area contributed by atoms with Gasteiger partial charge in [0.05, 0.1) is 5.52 Å². The average Bonchev–Trinajstić information content (AvgIpc) is 2.63. The number of rotatable bonds is 2. The first-order valence-corrected chi connectivity index (χ1v) is 8.69. The van der Waals surface area contributed by atoms with Crippen LogP contribution in [0.5, 0.6) is 0 Å². The predicted molar refractivity (Wildman–Crippen MR) is 100 cm³/mol. The number of hydrogen-bond donors (Lipinski definition) is 2. The Bertz CT molecular complexity index is 722. The minimum Gasteiger partial charge on any atom is -0.345 e. The number of H-pyrrole nitrogens is 1. The van der Waals surface area contributed by atoms with E-state index in [4.69, 9.17) is 0 Å². The summed E-state index contributed by atoms with van der Waals surface area (Å²) in [5.74, 6) is -0.204. The van der Waals surface area contributed by atoms with Crippen molar-refractivity contribution in [3.8, 4) is 0 Å². The van der Waals surface area contributed by atoms with E-state index in [0.717, 1.165) is 30.2 Å². The summed E-state index contributed by atoms with van der Waals surface area (Å²) in [4.78, 5) is 27.3. The molecule has 0 atom stereocenters. The normalized spacial score (nSPS) is 14.2. The van der Waals surface area contributed by atoms with Crippen LogP contribution in [-0.4, -0.2) is 43.5 Å². The first kappa shape index (κ1) is 20.8. The lowest BCUT2D eigenvalue weighted by Crippen LogP contribution is -2.33. The molecule has 6 heteroatoms. The number of aromatic nitrogens is 1. The molecule has 0 unspecified atom stereocenters. The van der Waals surface area contributed by atoms with Gasteiger partial charge in [-0.1, -0.05) is 13.8 Å². The van der Waals surface area contributed by atoms with Crippen molar-refractivity contribution in [2.45, 2.75) is 32.6 Å². The summed E-state index contributed by atoms with van der Waals surface area (Å²) >= 11 is 0. The van der Waals surface area contributed by atoms with Gasteiger partial charge in [-0.2, -0.15) is 0 Å². The van der Waals surface area contributed by atoms with E-state index in [1.54, 1.807) is 11.0 Å². The number of fused-ring (bicyclic) bond motifs is 1. The number of hydrogen-bond acceptors (Lipinski definition) is 3. The van der Waals surface area contributed by atoms with Crippen LogP contribution in [0.4, 0.5) is 4.39 Å². The van der Waals surface area contributed by atoms with Gasteiger partial charge in [-0.15, -0.1) is 0 Å². The highest BCUT2D eigenvalue weighted by Gasteiger charge is 2.22. The van der Waals surface area contributed by atoms with E-state index in [1.165, 1.54) is 12.1 Å². The van der Waals surface area contributed by atoms with Crippen molar-refractivity contribution >= 4 is 17.3 Å². The van der Waals surface area contributed by atoms with Gasteiger partial charge in [0.2, 0.25) is 6.41 Å². The minimum absolute atomic E-state index is 0.157. The van der Waals surface area contributed by atoms with Crippen LogP contribution in [0.1, 0.15) is 38.2 Å². The summed E-state index contributed by atoms with van der Waals surface area (Å²) in [6.45, 7) is 5.35. The molecule has 1 aliphatic heterocycles. The predicted octanol–water partition coefficient (Wildman–Crippen LogP) is 2.86. The number of pyridine rings is 1. The quantitative estimate of drug-likeness (QED) is 0.820. The first-order valence-electron chi connectivity index (χ1n) is 8.69. The molecule has 0 aliphatic carbocycles. The number of benzene rings is 1. The van der Waals surface area contributed by atoms with E-state index in [-0.39, 0.29) is 17.3 Å². The van der Waals surface area contributed by atoms with Crippen molar-refractivity contribution < 1.29 is 9.18 Å². The summed E-state index contributed by atoms with van der Waals surface area (Å²) < 4.78 is 13.1. The maximum absolute atomic E-state index is 13.1. The molecule has 1 saturated heterocycles. The molecule has 0 spiro atoms. The number of nitrogens with zero attached hydrogens (tertiary/aromatic N) is 1. The molecule has 1 amide bonds. The molecule has 0 bridgehead atoms. The molecule has 1 aromatic heterocycles. The molecule has 2 N–H and O–H groups in total. The average molecular weight is 349 g/mol. The first-order chi connectivity index (χ1) is 12.1. The fourth-order valence-electron chi connectivity index (χ4n) is 2.81. The summed E-state index contributed by atoms with van der Waals surface area (Å²) in [6.07, 6.45) is 2.42. The number of nitrogens with one attached hydrogen (secondary N) is 2. The third kappa shape index (κ3) is 5.67. The molecule has 2 heterocycles. The van der Waals surface area contributed by atoms with E-state index in [2.05, 4.69) is 10.3 Å². The molecule has 5 nitrogen and oxygen atoms in total. The number of carbonyl (C=O) groups excluding carboxylic acids is 1. The summed E-state index contributed by atoms with van der Waals surface area (Å²) in [5.41, 5.74) is 1.09. The second-order valence-electron chi connectivity index (χ2n) is 5.70. The van der Waals surface area contributed by atoms with Crippen LogP contribution in [-0.2, 0) is 4.79 Å². The van der Waals surface area contributed by atoms with E-state index >= 15 is 0 Å². The minimum atomic E-state index is -0.361. The molecule has 1 fully saturated rings. The standard InChI is InChI=1S/C15H15FN2O2.C2H7N.C2H6/c16-12-2-1-11-7-13(15(20)17-14(11)8-12)10-3-5-18(9-19)6-4-10;1-3-2;1-2/h1-2,7-10H,3-6H2,(H,17,20);3H,1-2H3;1-2H3. The van der Waals surface area contributed by atoms with Crippen LogP contribution in [0.15, 0.2) is 29.1 Å². The molecular weight excluding hydrogens is 321 g/mol. The van der Waals surface area contributed by atoms with Gasteiger partial charge in [0.25, 0.3) is 5.56 Å². The van der Waals surface area contributed by atoms with E-state index in [9.17, 15) is 14.0 Å². The second kappa shape index (κ2) is 10.6. The van der Waals surface area contributed by atoms with Crippen molar-refractivity contribution in [3.05, 3.63) is 46.0 Å². The monoisotopic (exact) mass is 349 g/mol. The van der Waals surface area contributed by atoms with Gasteiger partial charge in [-0.05, 0) is 62.5 Å². The number of carbonyl (C=O) groups is 1. The Balaban J connectivity index is 0.000000567. The lowest BCUT2D eigenvalue weighted by Gasteiger charge is -2.29. The second-order valence-corrected chi connectivity index (χ2v) is 5.70. The van der Waals surface area contributed by atoms with Gasteiger partial charge in [-0.25, -0.2) is 4.39 Å². The molecule has 3 rings (SSSR count). The molecule has 2 aromatic rings. The Hall–Kier alpha value is -2.21. The Morgan fingerprint density at radius 3 is 2.36 bits per heavy atom. The van der Waals surface area contributed by atoms with Crippen LogP contribution >= 0.6 is 0 Å². The molecule has 0 saturated carbocycles. The Morgan fingerprint density at radius 2 is 1.80 bits per heavy atom. The summed E-state index contributed by atoms with van der Waals surface area (Å²) in [5, 5.41) is 3.58. The van der Waals surface area contributed by atoms with Gasteiger partial charge >= 0.3 is 0 Å². The van der Waals surface area contributed by atoms with Crippen LogP contribution in [0.2, 0.25) is 0 Å². The fourth-order valence-corrected chi connectivity index (χ4v) is 2.81. The summed E-state index contributed by atoms with van der Waals surface area (Å²) in [6, 6.07) is 6.23. The zero-order chi connectivity index (χ0) is 18.8. The van der Waals surface area contributed by atoms with Gasteiger partial charge in [0, 0.05) is 18.7 Å². The third-order valence-corrected chi connectivity index (χ3v) is 3.96. The van der Waals surface area contributed by atoms with Crippen LogP contribution in [0.25, 0.3) is 10.9 Å². The van der Waals surface area contributed by atoms with Gasteiger partial charge in [0.15, 0.2) is 0 Å². The number of amides is 1. The van der Waals surface area contributed by atoms with Gasteiger partial charge < -0.3 is 15.2 Å². The smallest absolute Gasteiger partial charge is 0.251 e. The molecule has 25 heavy (non-hydrogen) atoms. The van der Waals surface area contributed by atoms with Gasteiger partial charge in [0.1, 0.15) is 5.82 Å². The largest absolute Gasteiger partial charge is 0.345 e. The van der Waals surface area contributed by atoms with E-state index in [0.29, 0.717) is 18.6 Å². The van der Waals surface area contributed by atoms with Crippen molar-refractivity contribution in [3.63, 3.8) is 0 Å². The zero-order valence-corrected chi connectivity index (χ0v) is 15.4. The summed E-state index contributed by atoms with van der Waals surface area (Å²) in [7, 11) is 3.75. The molecular formula is C19H28FN3O2. The maximum Gasteiger partial charge on any atom is 0.251 e. The van der Waals surface area contributed by atoms with Crippen LogP contribution in [0, 0.1) is 5.82 Å². The highest BCUT2D eigenvalue weighted by Crippen LogP contribution is 2.26.